The summed E-state index contributed by atoms with van der Waals surface area (Å²) in [4.78, 5) is 15.5. The van der Waals surface area contributed by atoms with Crippen LogP contribution in [0.2, 0.25) is 0 Å². The van der Waals surface area contributed by atoms with Crippen molar-refractivity contribution in [1.82, 2.24) is 10.1 Å². The second kappa shape index (κ2) is 6.72. The molecule has 1 aliphatic heterocycles. The molecule has 0 radical (unpaired) electrons. The Morgan fingerprint density at radius 1 is 1.21 bits per heavy atom. The Balaban J connectivity index is 1.67. The van der Waals surface area contributed by atoms with Crippen LogP contribution in [0.15, 0.2) is 28.8 Å². The average molecular weight is 340 g/mol. The van der Waals surface area contributed by atoms with Crippen molar-refractivity contribution in [3.63, 3.8) is 0 Å². The maximum absolute atomic E-state index is 12.5. The molecule has 2 aromatic rings. The maximum Gasteiger partial charge on any atom is 0.471 e. The molecule has 24 heavy (non-hydrogen) atoms. The normalized spacial score (nSPS) is 18.5. The highest BCUT2D eigenvalue weighted by molar-refractivity contribution is 5.85. The van der Waals surface area contributed by atoms with Gasteiger partial charge in [0.15, 0.2) is 5.78 Å². The van der Waals surface area contributed by atoms with Crippen LogP contribution < -0.4 is 0 Å². The fraction of sp³-hybridized carbons (Fsp3) is 0.438. The highest BCUT2D eigenvalue weighted by atomic mass is 19.4. The van der Waals surface area contributed by atoms with Crippen LogP contribution in [0.1, 0.15) is 30.7 Å². The largest absolute Gasteiger partial charge is 0.471 e. The standard InChI is InChI=1S/C16H15F3N2O3/c17-16(18,19)15-20-14(21-24-15)11-6-4-10(5-7-11)9-12(22)13-3-1-2-8-23-13/h4-7,13H,1-3,8-9H2. The lowest BCUT2D eigenvalue weighted by Gasteiger charge is -2.21. The van der Waals surface area contributed by atoms with Gasteiger partial charge in [-0.25, -0.2) is 0 Å². The Bertz CT molecular complexity index is 704. The molecule has 3 rings (SSSR count). The highest BCUT2D eigenvalue weighted by Gasteiger charge is 2.38. The second-order valence-corrected chi connectivity index (χ2v) is 5.62. The Hall–Kier alpha value is -2.22. The Morgan fingerprint density at radius 3 is 2.54 bits per heavy atom. The van der Waals surface area contributed by atoms with E-state index in [1.165, 1.54) is 0 Å². The second-order valence-electron chi connectivity index (χ2n) is 5.62. The molecular weight excluding hydrogens is 325 g/mol. The molecule has 1 aliphatic rings. The minimum Gasteiger partial charge on any atom is -0.370 e. The fourth-order valence-electron chi connectivity index (χ4n) is 2.54. The van der Waals surface area contributed by atoms with E-state index in [4.69, 9.17) is 4.74 Å². The third-order valence-corrected chi connectivity index (χ3v) is 3.80. The summed E-state index contributed by atoms with van der Waals surface area (Å²) in [6, 6.07) is 6.46. The van der Waals surface area contributed by atoms with Crippen LogP contribution in [0.25, 0.3) is 11.4 Å². The summed E-state index contributed by atoms with van der Waals surface area (Å²) in [5, 5.41) is 3.32. The summed E-state index contributed by atoms with van der Waals surface area (Å²) >= 11 is 0. The first kappa shape index (κ1) is 16.6. The number of hydrogen-bond acceptors (Lipinski definition) is 5. The van der Waals surface area contributed by atoms with Crippen LogP contribution in [0.3, 0.4) is 0 Å². The molecule has 0 saturated carbocycles. The zero-order valence-corrected chi connectivity index (χ0v) is 12.7. The van der Waals surface area contributed by atoms with Crippen molar-refractivity contribution in [3.05, 3.63) is 35.7 Å². The van der Waals surface area contributed by atoms with Crippen LogP contribution in [0.4, 0.5) is 13.2 Å². The van der Waals surface area contributed by atoms with Gasteiger partial charge < -0.3 is 9.26 Å². The maximum atomic E-state index is 12.5. The number of benzene rings is 1. The van der Waals surface area contributed by atoms with Crippen molar-refractivity contribution in [2.45, 2.75) is 38.0 Å². The van der Waals surface area contributed by atoms with E-state index in [-0.39, 0.29) is 24.1 Å². The van der Waals surface area contributed by atoms with E-state index in [0.29, 0.717) is 12.2 Å². The van der Waals surface area contributed by atoms with Crippen LogP contribution in [-0.4, -0.2) is 28.6 Å². The number of Topliss-reactive ketones (excluding diaryl/α,β-unsaturated/α-hetero) is 1. The van der Waals surface area contributed by atoms with Crippen molar-refractivity contribution in [3.8, 4) is 11.4 Å². The van der Waals surface area contributed by atoms with Gasteiger partial charge in [0.2, 0.25) is 5.82 Å². The lowest BCUT2D eigenvalue weighted by molar-refractivity contribution is -0.159. The average Bonchev–Trinajstić information content (AvgIpc) is 3.07. The van der Waals surface area contributed by atoms with Crippen molar-refractivity contribution >= 4 is 5.78 Å². The van der Waals surface area contributed by atoms with Crippen LogP contribution in [-0.2, 0) is 22.1 Å². The van der Waals surface area contributed by atoms with Gasteiger partial charge >= 0.3 is 12.1 Å². The summed E-state index contributed by atoms with van der Waals surface area (Å²) in [7, 11) is 0. The lowest BCUT2D eigenvalue weighted by atomic mass is 9.99. The van der Waals surface area contributed by atoms with Crippen molar-refractivity contribution < 1.29 is 27.2 Å². The number of hydrogen-bond donors (Lipinski definition) is 0. The van der Waals surface area contributed by atoms with Gasteiger partial charge in [-0.1, -0.05) is 29.4 Å². The number of ether oxygens (including phenoxy) is 1. The van der Waals surface area contributed by atoms with E-state index in [2.05, 4.69) is 14.7 Å². The molecule has 0 bridgehead atoms. The van der Waals surface area contributed by atoms with Crippen molar-refractivity contribution in [2.24, 2.45) is 0 Å². The van der Waals surface area contributed by atoms with Crippen LogP contribution in [0.5, 0.6) is 0 Å². The number of nitrogens with zero attached hydrogens (tertiary/aromatic N) is 2. The van der Waals surface area contributed by atoms with E-state index in [1.54, 1.807) is 24.3 Å². The number of carbonyl (C=O) groups excluding carboxylic acids is 1. The zero-order valence-electron chi connectivity index (χ0n) is 12.7. The fourth-order valence-corrected chi connectivity index (χ4v) is 2.54. The van der Waals surface area contributed by atoms with Gasteiger partial charge in [-0.05, 0) is 24.8 Å². The van der Waals surface area contributed by atoms with Gasteiger partial charge in [0.05, 0.1) is 0 Å². The van der Waals surface area contributed by atoms with Gasteiger partial charge in [-0.2, -0.15) is 18.2 Å². The van der Waals surface area contributed by atoms with Gasteiger partial charge in [-0.3, -0.25) is 4.79 Å². The monoisotopic (exact) mass is 340 g/mol. The molecule has 1 aromatic heterocycles. The minimum absolute atomic E-state index is 0.0152. The van der Waals surface area contributed by atoms with Gasteiger partial charge in [0, 0.05) is 18.6 Å². The van der Waals surface area contributed by atoms with Gasteiger partial charge in [0.1, 0.15) is 6.10 Å². The first-order valence-corrected chi connectivity index (χ1v) is 7.58. The van der Waals surface area contributed by atoms with Crippen LogP contribution >= 0.6 is 0 Å². The summed E-state index contributed by atoms with van der Waals surface area (Å²) in [5.74, 6) is -1.51. The number of aromatic nitrogens is 2. The topological polar surface area (TPSA) is 65.2 Å². The van der Waals surface area contributed by atoms with Gasteiger partial charge in [0.25, 0.3) is 0 Å². The van der Waals surface area contributed by atoms with E-state index < -0.39 is 12.1 Å². The molecule has 1 aromatic carbocycles. The van der Waals surface area contributed by atoms with Crippen LogP contribution in [0, 0.1) is 0 Å². The molecule has 128 valence electrons. The molecule has 1 fully saturated rings. The first-order valence-electron chi connectivity index (χ1n) is 7.58. The molecule has 0 aliphatic carbocycles. The Labute approximate surface area is 135 Å². The third kappa shape index (κ3) is 3.81. The van der Waals surface area contributed by atoms with E-state index in [0.717, 1.165) is 24.8 Å². The molecular formula is C16H15F3N2O3. The van der Waals surface area contributed by atoms with Gasteiger partial charge in [-0.15, -0.1) is 0 Å². The Kier molecular flexibility index (Phi) is 4.66. The summed E-state index contributed by atoms with van der Waals surface area (Å²) < 4.78 is 47.0. The van der Waals surface area contributed by atoms with E-state index in [1.807, 2.05) is 0 Å². The first-order chi connectivity index (χ1) is 11.4. The number of alkyl halides is 3. The summed E-state index contributed by atoms with van der Waals surface area (Å²) in [6.45, 7) is 0.606. The minimum atomic E-state index is -4.67. The number of carbonyl (C=O) groups is 1. The highest BCUT2D eigenvalue weighted by Crippen LogP contribution is 2.29. The molecule has 0 N–H and O–H groups in total. The van der Waals surface area contributed by atoms with E-state index in [9.17, 15) is 18.0 Å². The molecule has 1 saturated heterocycles. The molecule has 2 heterocycles. The molecule has 0 spiro atoms. The number of rotatable bonds is 4. The molecule has 5 nitrogen and oxygen atoms in total. The van der Waals surface area contributed by atoms with Crippen molar-refractivity contribution in [2.75, 3.05) is 6.61 Å². The SMILES string of the molecule is O=C(Cc1ccc(-c2noc(C(F)(F)F)n2)cc1)C1CCCCO1. The van der Waals surface area contributed by atoms with Crippen molar-refractivity contribution in [1.29, 1.82) is 0 Å². The molecule has 0 amide bonds. The summed E-state index contributed by atoms with van der Waals surface area (Å²) in [6.07, 6.45) is -2.11. The molecule has 1 unspecified atom stereocenters. The zero-order chi connectivity index (χ0) is 17.2. The smallest absolute Gasteiger partial charge is 0.370 e. The predicted octanol–water partition coefficient (Wildman–Crippen LogP) is 3.44. The van der Waals surface area contributed by atoms with E-state index >= 15 is 0 Å². The number of halogens is 3. The lowest BCUT2D eigenvalue weighted by Crippen LogP contribution is -2.29. The summed E-state index contributed by atoms with van der Waals surface area (Å²) in [5.41, 5.74) is 1.15. The number of ketones is 1. The predicted molar refractivity (Wildman–Crippen MR) is 77.0 cm³/mol. The molecule has 1 atom stereocenters. The third-order valence-electron chi connectivity index (χ3n) is 3.80. The molecule has 8 heteroatoms. The quantitative estimate of drug-likeness (QED) is 0.853. The Morgan fingerprint density at radius 2 is 1.96 bits per heavy atom.